The van der Waals surface area contributed by atoms with Crippen LogP contribution >= 0.6 is 0 Å². The molecule has 6 nitrogen and oxygen atoms in total. The zero-order valence-corrected chi connectivity index (χ0v) is 10.5. The van der Waals surface area contributed by atoms with Crippen molar-refractivity contribution in [2.24, 2.45) is 11.5 Å². The molecule has 0 aromatic carbocycles. The second-order valence-electron chi connectivity index (χ2n) is 2.83. The van der Waals surface area contributed by atoms with Crippen LogP contribution in [-0.2, 0) is 17.7 Å². The summed E-state index contributed by atoms with van der Waals surface area (Å²) in [5.41, 5.74) is 10.7. The van der Waals surface area contributed by atoms with Gasteiger partial charge in [0.2, 0.25) is 0 Å². The van der Waals surface area contributed by atoms with Gasteiger partial charge in [-0.05, 0) is 6.42 Å². The van der Waals surface area contributed by atoms with Crippen molar-refractivity contribution in [3.63, 3.8) is 0 Å². The van der Waals surface area contributed by atoms with Crippen molar-refractivity contribution in [2.75, 3.05) is 40.0 Å². The van der Waals surface area contributed by atoms with E-state index in [1.54, 1.807) is 0 Å². The van der Waals surface area contributed by atoms with Crippen LogP contribution in [0, 0.1) is 0 Å². The molecule has 0 saturated carbocycles. The average Bonchev–Trinajstić information content (AvgIpc) is 2.29. The summed E-state index contributed by atoms with van der Waals surface area (Å²) < 4.78 is 21.5. The molecule has 0 amide bonds. The SMILES string of the molecule is CCCO[Si](OC)(OCCN)OCCN. The van der Waals surface area contributed by atoms with Gasteiger partial charge in [0.15, 0.2) is 0 Å². The van der Waals surface area contributed by atoms with Crippen molar-refractivity contribution < 1.29 is 17.7 Å². The second-order valence-corrected chi connectivity index (χ2v) is 5.10. The van der Waals surface area contributed by atoms with Gasteiger partial charge in [0, 0.05) is 26.8 Å². The summed E-state index contributed by atoms with van der Waals surface area (Å²) in [5.74, 6) is 0. The molecule has 0 aliphatic heterocycles. The highest BCUT2D eigenvalue weighted by atomic mass is 28.4. The molecule has 15 heavy (non-hydrogen) atoms. The van der Waals surface area contributed by atoms with E-state index in [-0.39, 0.29) is 0 Å². The Morgan fingerprint density at radius 1 is 0.933 bits per heavy atom. The van der Waals surface area contributed by atoms with Gasteiger partial charge in [0.25, 0.3) is 0 Å². The maximum Gasteiger partial charge on any atom is 0.679 e. The van der Waals surface area contributed by atoms with E-state index in [4.69, 9.17) is 29.2 Å². The van der Waals surface area contributed by atoms with Crippen molar-refractivity contribution in [1.82, 2.24) is 0 Å². The number of nitrogens with two attached hydrogens (primary N) is 2. The van der Waals surface area contributed by atoms with Crippen molar-refractivity contribution in [3.05, 3.63) is 0 Å². The Bertz CT molecular complexity index is 129. The van der Waals surface area contributed by atoms with Gasteiger partial charge in [0.05, 0.1) is 13.2 Å². The van der Waals surface area contributed by atoms with Crippen LogP contribution in [0.3, 0.4) is 0 Å². The molecule has 7 heteroatoms. The Balaban J connectivity index is 4.16. The van der Waals surface area contributed by atoms with Gasteiger partial charge in [-0.3, -0.25) is 0 Å². The molecule has 0 heterocycles. The smallest absolute Gasteiger partial charge is 0.355 e. The topological polar surface area (TPSA) is 89.0 Å². The third kappa shape index (κ3) is 6.20. The summed E-state index contributed by atoms with van der Waals surface area (Å²) in [6, 6.07) is 0. The number of hydrogen-bond acceptors (Lipinski definition) is 6. The van der Waals surface area contributed by atoms with E-state index >= 15 is 0 Å². The molecule has 4 N–H and O–H groups in total. The molecular formula is C8H22N2O4Si. The van der Waals surface area contributed by atoms with E-state index in [1.165, 1.54) is 7.11 Å². The Morgan fingerprint density at radius 3 is 1.73 bits per heavy atom. The third-order valence-electron chi connectivity index (χ3n) is 1.53. The summed E-state index contributed by atoms with van der Waals surface area (Å²) in [4.78, 5) is 0. The lowest BCUT2D eigenvalue weighted by Crippen LogP contribution is -2.50. The minimum Gasteiger partial charge on any atom is -0.355 e. The first-order valence-electron chi connectivity index (χ1n) is 5.11. The fraction of sp³-hybridized carbons (Fsp3) is 1.00. The molecule has 92 valence electrons. The van der Waals surface area contributed by atoms with Gasteiger partial charge in [-0.15, -0.1) is 0 Å². The second kappa shape index (κ2) is 9.22. The Hall–Kier alpha value is -0.0231. The quantitative estimate of drug-likeness (QED) is 0.496. The van der Waals surface area contributed by atoms with Gasteiger partial charge in [-0.2, -0.15) is 0 Å². The summed E-state index contributed by atoms with van der Waals surface area (Å²) in [6.07, 6.45) is 0.871. The van der Waals surface area contributed by atoms with E-state index in [9.17, 15) is 0 Å². The first-order valence-corrected chi connectivity index (χ1v) is 6.75. The first-order chi connectivity index (χ1) is 7.24. The van der Waals surface area contributed by atoms with Crippen molar-refractivity contribution in [3.8, 4) is 0 Å². The molecule has 0 saturated heterocycles. The molecule has 0 unspecified atom stereocenters. The highest BCUT2D eigenvalue weighted by Gasteiger charge is 2.44. The van der Waals surface area contributed by atoms with Gasteiger partial charge < -0.3 is 29.2 Å². The van der Waals surface area contributed by atoms with Crippen LogP contribution in [0.4, 0.5) is 0 Å². The Labute approximate surface area is 92.3 Å². The molecule has 0 bridgehead atoms. The van der Waals surface area contributed by atoms with E-state index in [0.29, 0.717) is 32.9 Å². The number of hydrogen-bond donors (Lipinski definition) is 2. The van der Waals surface area contributed by atoms with Crippen LogP contribution in [0.2, 0.25) is 0 Å². The van der Waals surface area contributed by atoms with E-state index in [2.05, 4.69) is 0 Å². The largest absolute Gasteiger partial charge is 0.679 e. The van der Waals surface area contributed by atoms with E-state index < -0.39 is 9.05 Å². The lowest BCUT2D eigenvalue weighted by atomic mass is 10.5. The average molecular weight is 238 g/mol. The monoisotopic (exact) mass is 238 g/mol. The van der Waals surface area contributed by atoms with E-state index in [1.807, 2.05) is 6.92 Å². The van der Waals surface area contributed by atoms with Crippen molar-refractivity contribution >= 4 is 9.05 Å². The summed E-state index contributed by atoms with van der Waals surface area (Å²) in [5, 5.41) is 0. The van der Waals surface area contributed by atoms with Crippen LogP contribution in [-0.4, -0.2) is 49.1 Å². The maximum atomic E-state index is 5.49. The molecule has 0 atom stereocenters. The van der Waals surface area contributed by atoms with Gasteiger partial charge in [-0.1, -0.05) is 6.92 Å². The molecule has 0 radical (unpaired) electrons. The molecule has 0 fully saturated rings. The fourth-order valence-electron chi connectivity index (χ4n) is 0.897. The zero-order chi connectivity index (χ0) is 11.6. The van der Waals surface area contributed by atoms with Crippen molar-refractivity contribution in [1.29, 1.82) is 0 Å². The predicted molar refractivity (Wildman–Crippen MR) is 59.0 cm³/mol. The molecule has 0 spiro atoms. The molecule has 0 aromatic rings. The molecule has 0 aliphatic carbocycles. The van der Waals surface area contributed by atoms with Gasteiger partial charge >= 0.3 is 9.05 Å². The zero-order valence-electron chi connectivity index (χ0n) is 9.53. The first kappa shape index (κ1) is 15.0. The summed E-state index contributed by atoms with van der Waals surface area (Å²) in [7, 11) is -1.48. The highest BCUT2D eigenvalue weighted by Crippen LogP contribution is 2.10. The van der Waals surface area contributed by atoms with Gasteiger partial charge in [0.1, 0.15) is 0 Å². The van der Waals surface area contributed by atoms with Crippen LogP contribution in [0.1, 0.15) is 13.3 Å². The lowest BCUT2D eigenvalue weighted by Gasteiger charge is -2.26. The van der Waals surface area contributed by atoms with Crippen LogP contribution in [0.5, 0.6) is 0 Å². The van der Waals surface area contributed by atoms with Gasteiger partial charge in [-0.25, -0.2) is 0 Å². The minimum absolute atomic E-state index is 0.356. The molecule has 0 aliphatic rings. The highest BCUT2D eigenvalue weighted by molar-refractivity contribution is 6.53. The number of rotatable bonds is 10. The van der Waals surface area contributed by atoms with Crippen molar-refractivity contribution in [2.45, 2.75) is 13.3 Å². The summed E-state index contributed by atoms with van der Waals surface area (Å²) >= 11 is 0. The Kier molecular flexibility index (Phi) is 9.21. The van der Waals surface area contributed by atoms with Crippen LogP contribution in [0.25, 0.3) is 0 Å². The molecule has 0 aromatic heterocycles. The summed E-state index contributed by atoms with van der Waals surface area (Å²) in [6.45, 7) is 4.05. The maximum absolute atomic E-state index is 5.49. The minimum atomic E-state index is -2.99. The standard InChI is InChI=1S/C8H22N2O4Si/c1-3-6-12-15(11-2,13-7-4-9)14-8-5-10/h3-10H2,1-2H3. The van der Waals surface area contributed by atoms with E-state index in [0.717, 1.165) is 6.42 Å². The molecular weight excluding hydrogens is 216 g/mol. The predicted octanol–water partition coefficient (Wildman–Crippen LogP) is -0.554. The molecule has 0 rings (SSSR count). The normalized spacial score (nSPS) is 12.0. The third-order valence-corrected chi connectivity index (χ3v) is 3.70. The van der Waals surface area contributed by atoms with Crippen LogP contribution < -0.4 is 11.5 Å². The van der Waals surface area contributed by atoms with Crippen LogP contribution in [0.15, 0.2) is 0 Å². The fourth-order valence-corrected chi connectivity index (χ4v) is 2.69. The Morgan fingerprint density at radius 2 is 1.40 bits per heavy atom. The lowest BCUT2D eigenvalue weighted by molar-refractivity contribution is -0.0192.